The molecule has 0 aromatic carbocycles. The van der Waals surface area contributed by atoms with Gasteiger partial charge in [0, 0.05) is 12.8 Å². The minimum absolute atomic E-state index is 0.0925. The molecular formula is C27H49NO5. The predicted octanol–water partition coefficient (Wildman–Crippen LogP) is 7.02. The molecule has 33 heavy (non-hydrogen) atoms. The highest BCUT2D eigenvalue weighted by molar-refractivity contribution is 5.83. The van der Waals surface area contributed by atoms with Gasteiger partial charge in [0.05, 0.1) is 0 Å². The Hall–Kier alpha value is -1.85. The number of carboxylic acid groups (broad SMARTS) is 2. The van der Waals surface area contributed by atoms with E-state index in [1.807, 2.05) is 0 Å². The Morgan fingerprint density at radius 2 is 1.12 bits per heavy atom. The van der Waals surface area contributed by atoms with Crippen molar-refractivity contribution in [1.29, 1.82) is 0 Å². The molecule has 0 heterocycles. The maximum atomic E-state index is 11.9. The highest BCUT2D eigenvalue weighted by Gasteiger charge is 2.20. The molecule has 192 valence electrons. The van der Waals surface area contributed by atoms with Gasteiger partial charge in [0.1, 0.15) is 6.04 Å². The summed E-state index contributed by atoms with van der Waals surface area (Å²) >= 11 is 0. The van der Waals surface area contributed by atoms with Crippen molar-refractivity contribution in [3.63, 3.8) is 0 Å². The second-order valence-corrected chi connectivity index (χ2v) is 9.14. The van der Waals surface area contributed by atoms with E-state index in [0.29, 0.717) is 6.42 Å². The molecular weight excluding hydrogens is 418 g/mol. The Bertz CT molecular complexity index is 533. The molecule has 3 N–H and O–H groups in total. The lowest BCUT2D eigenvalue weighted by Gasteiger charge is -2.13. The summed E-state index contributed by atoms with van der Waals surface area (Å²) in [6.45, 7) is 2.26. The van der Waals surface area contributed by atoms with Gasteiger partial charge in [-0.15, -0.1) is 0 Å². The van der Waals surface area contributed by atoms with Gasteiger partial charge in [-0.3, -0.25) is 9.59 Å². The van der Waals surface area contributed by atoms with E-state index >= 15 is 0 Å². The van der Waals surface area contributed by atoms with E-state index in [9.17, 15) is 14.4 Å². The van der Waals surface area contributed by atoms with Gasteiger partial charge in [0.25, 0.3) is 0 Å². The van der Waals surface area contributed by atoms with Gasteiger partial charge in [0.2, 0.25) is 5.91 Å². The molecule has 6 nitrogen and oxygen atoms in total. The molecule has 0 rings (SSSR count). The van der Waals surface area contributed by atoms with Crippen LogP contribution in [0.4, 0.5) is 0 Å². The fourth-order valence-corrected chi connectivity index (χ4v) is 3.86. The third-order valence-corrected chi connectivity index (χ3v) is 5.95. The van der Waals surface area contributed by atoms with Crippen LogP contribution in [0.15, 0.2) is 12.2 Å². The lowest BCUT2D eigenvalue weighted by Crippen LogP contribution is -2.41. The molecule has 0 aromatic heterocycles. The molecule has 0 unspecified atom stereocenters. The Morgan fingerprint density at radius 3 is 1.58 bits per heavy atom. The van der Waals surface area contributed by atoms with Crippen molar-refractivity contribution >= 4 is 17.8 Å². The first-order chi connectivity index (χ1) is 16.0. The van der Waals surface area contributed by atoms with E-state index in [1.54, 1.807) is 0 Å². The number of rotatable bonds is 24. The Morgan fingerprint density at radius 1 is 0.667 bits per heavy atom. The van der Waals surface area contributed by atoms with Crippen molar-refractivity contribution in [2.24, 2.45) is 0 Å². The minimum Gasteiger partial charge on any atom is -0.481 e. The molecule has 0 aliphatic rings. The zero-order chi connectivity index (χ0) is 24.6. The first-order valence-corrected chi connectivity index (χ1v) is 13.4. The molecule has 0 fully saturated rings. The van der Waals surface area contributed by atoms with E-state index in [0.717, 1.165) is 19.3 Å². The van der Waals surface area contributed by atoms with E-state index < -0.39 is 18.0 Å². The van der Waals surface area contributed by atoms with Gasteiger partial charge in [-0.25, -0.2) is 4.79 Å². The van der Waals surface area contributed by atoms with Crippen molar-refractivity contribution in [3.05, 3.63) is 12.2 Å². The highest BCUT2D eigenvalue weighted by atomic mass is 16.4. The number of carbonyl (C=O) groups is 3. The number of carboxylic acids is 2. The van der Waals surface area contributed by atoms with Gasteiger partial charge in [-0.05, 0) is 38.5 Å². The number of allylic oxidation sites excluding steroid dienone is 2. The lowest BCUT2D eigenvalue weighted by atomic mass is 10.1. The molecule has 1 amide bonds. The van der Waals surface area contributed by atoms with Crippen molar-refractivity contribution in [3.8, 4) is 0 Å². The van der Waals surface area contributed by atoms with E-state index in [2.05, 4.69) is 24.4 Å². The third-order valence-electron chi connectivity index (χ3n) is 5.95. The van der Waals surface area contributed by atoms with Crippen LogP contribution >= 0.6 is 0 Å². The largest absolute Gasteiger partial charge is 0.481 e. The fourth-order valence-electron chi connectivity index (χ4n) is 3.86. The maximum absolute atomic E-state index is 11.9. The summed E-state index contributed by atoms with van der Waals surface area (Å²) in [5.41, 5.74) is 0. The van der Waals surface area contributed by atoms with E-state index in [-0.39, 0.29) is 18.7 Å². The second kappa shape index (κ2) is 23.3. The average Bonchev–Trinajstić information content (AvgIpc) is 2.77. The van der Waals surface area contributed by atoms with Crippen LogP contribution in [0.2, 0.25) is 0 Å². The van der Waals surface area contributed by atoms with Crippen LogP contribution in [0, 0.1) is 0 Å². The second-order valence-electron chi connectivity index (χ2n) is 9.14. The molecule has 0 aromatic rings. The van der Waals surface area contributed by atoms with Crippen LogP contribution in [0.1, 0.15) is 135 Å². The molecule has 0 aliphatic carbocycles. The summed E-state index contributed by atoms with van der Waals surface area (Å²) in [4.78, 5) is 33.5. The predicted molar refractivity (Wildman–Crippen MR) is 134 cm³/mol. The number of hydrogen-bond acceptors (Lipinski definition) is 3. The summed E-state index contributed by atoms with van der Waals surface area (Å²) < 4.78 is 0. The van der Waals surface area contributed by atoms with Crippen LogP contribution in [0.25, 0.3) is 0 Å². The average molecular weight is 468 g/mol. The summed E-state index contributed by atoms with van der Waals surface area (Å²) in [7, 11) is 0. The van der Waals surface area contributed by atoms with Crippen LogP contribution < -0.4 is 5.32 Å². The normalized spacial score (nSPS) is 12.2. The van der Waals surface area contributed by atoms with Gasteiger partial charge in [-0.2, -0.15) is 0 Å². The molecule has 6 heteroatoms. The smallest absolute Gasteiger partial charge is 0.326 e. The standard InChI is InChI=1S/C27H49NO5/c1-2-3-4-5-6-7-8-9-10-11-12-13-14-15-16-17-18-19-20-21-25(29)28-24(27(32)33)22-23-26(30)31/h11-12,24H,2-10,13-23H2,1H3,(H,28,29)(H,30,31)(H,32,33)/b12-11-/t24-/m0/s1. The number of amides is 1. The Balaban J connectivity index is 3.45. The van der Waals surface area contributed by atoms with Crippen molar-refractivity contribution in [1.82, 2.24) is 5.32 Å². The van der Waals surface area contributed by atoms with Crippen LogP contribution in [0.5, 0.6) is 0 Å². The van der Waals surface area contributed by atoms with Crippen molar-refractivity contribution in [2.75, 3.05) is 0 Å². The van der Waals surface area contributed by atoms with Crippen molar-refractivity contribution in [2.45, 2.75) is 141 Å². The van der Waals surface area contributed by atoms with Crippen LogP contribution in [-0.4, -0.2) is 34.1 Å². The molecule has 0 bridgehead atoms. The highest BCUT2D eigenvalue weighted by Crippen LogP contribution is 2.12. The first-order valence-electron chi connectivity index (χ1n) is 13.4. The molecule has 0 spiro atoms. The molecule has 0 saturated carbocycles. The Labute approximate surface area is 201 Å². The Kier molecular flexibility index (Phi) is 22.0. The van der Waals surface area contributed by atoms with Gasteiger partial charge < -0.3 is 15.5 Å². The van der Waals surface area contributed by atoms with Crippen molar-refractivity contribution < 1.29 is 24.6 Å². The van der Waals surface area contributed by atoms with E-state index in [1.165, 1.54) is 89.9 Å². The maximum Gasteiger partial charge on any atom is 0.326 e. The molecule has 0 aliphatic heterocycles. The molecule has 1 atom stereocenters. The summed E-state index contributed by atoms with van der Waals surface area (Å²) in [6, 6.07) is -1.12. The lowest BCUT2D eigenvalue weighted by molar-refractivity contribution is -0.143. The molecule has 0 radical (unpaired) electrons. The van der Waals surface area contributed by atoms with Gasteiger partial charge >= 0.3 is 11.9 Å². The van der Waals surface area contributed by atoms with Gasteiger partial charge in [0.15, 0.2) is 0 Å². The topological polar surface area (TPSA) is 104 Å². The van der Waals surface area contributed by atoms with Crippen LogP contribution in [-0.2, 0) is 14.4 Å². The van der Waals surface area contributed by atoms with E-state index in [4.69, 9.17) is 10.2 Å². The summed E-state index contributed by atoms with van der Waals surface area (Å²) in [6.07, 6.45) is 25.6. The number of carbonyl (C=O) groups excluding carboxylic acids is 1. The first kappa shape index (κ1) is 31.1. The number of aliphatic carboxylic acids is 2. The number of nitrogens with one attached hydrogen (secondary N) is 1. The quantitative estimate of drug-likeness (QED) is 0.104. The van der Waals surface area contributed by atoms with Crippen LogP contribution in [0.3, 0.4) is 0 Å². The zero-order valence-electron chi connectivity index (χ0n) is 21.0. The SMILES string of the molecule is CCCCCCCCCC/C=C\CCCCCCCCCC(=O)N[C@@H](CCC(=O)O)C(=O)O. The monoisotopic (exact) mass is 467 g/mol. The minimum atomic E-state index is -1.19. The number of unbranched alkanes of at least 4 members (excludes halogenated alkanes) is 15. The third kappa shape index (κ3) is 23.1. The van der Waals surface area contributed by atoms with Gasteiger partial charge in [-0.1, -0.05) is 96.1 Å². The summed E-state index contributed by atoms with van der Waals surface area (Å²) in [5.74, 6) is -2.57. The fraction of sp³-hybridized carbons (Fsp3) is 0.815. The summed E-state index contributed by atoms with van der Waals surface area (Å²) in [5, 5.41) is 20.1. The molecule has 0 saturated heterocycles. The zero-order valence-corrected chi connectivity index (χ0v) is 21.0. The number of hydrogen-bond donors (Lipinski definition) is 3.